The third-order valence-corrected chi connectivity index (χ3v) is 2.35. The molecular formula is C11H13ClN4O3. The second-order valence-electron chi connectivity index (χ2n) is 3.91. The van der Waals surface area contributed by atoms with Gasteiger partial charge in [-0.3, -0.25) is 14.9 Å². The summed E-state index contributed by atoms with van der Waals surface area (Å²) in [6.07, 6.45) is 2.28. The molecule has 1 aromatic heterocycles. The van der Waals surface area contributed by atoms with E-state index in [9.17, 15) is 14.9 Å². The fraction of sp³-hybridized carbons (Fsp3) is 0.273. The van der Waals surface area contributed by atoms with Crippen LogP contribution in [-0.4, -0.2) is 34.8 Å². The van der Waals surface area contributed by atoms with Gasteiger partial charge in [-0.05, 0) is 11.6 Å². The Morgan fingerprint density at radius 1 is 1.58 bits per heavy atom. The number of carbonyl (C=O) groups is 1. The Labute approximate surface area is 115 Å². The standard InChI is InChI=1S/C11H13ClN4O3/c1-15(2)10(7-16(18)19)14-11(17)5-8-3-4-9(12)13-6-8/h3-4,6-7H,5H2,1-2H3,(H,14,17)/b10-7-. The molecule has 0 aromatic carbocycles. The van der Waals surface area contributed by atoms with Gasteiger partial charge in [0.25, 0.3) is 6.20 Å². The van der Waals surface area contributed by atoms with E-state index in [1.165, 1.54) is 11.1 Å². The lowest BCUT2D eigenvalue weighted by Crippen LogP contribution is -2.32. The molecule has 102 valence electrons. The van der Waals surface area contributed by atoms with Crippen molar-refractivity contribution in [2.75, 3.05) is 14.1 Å². The van der Waals surface area contributed by atoms with Crippen LogP contribution in [0.25, 0.3) is 0 Å². The van der Waals surface area contributed by atoms with Crippen molar-refractivity contribution >= 4 is 17.5 Å². The monoisotopic (exact) mass is 284 g/mol. The van der Waals surface area contributed by atoms with Gasteiger partial charge in [0.15, 0.2) is 5.82 Å². The molecule has 0 radical (unpaired) electrons. The maximum Gasteiger partial charge on any atom is 0.274 e. The summed E-state index contributed by atoms with van der Waals surface area (Å²) in [7, 11) is 3.19. The molecule has 1 N–H and O–H groups in total. The van der Waals surface area contributed by atoms with Crippen LogP contribution in [0.4, 0.5) is 0 Å². The molecule has 7 nitrogen and oxygen atoms in total. The van der Waals surface area contributed by atoms with E-state index < -0.39 is 4.92 Å². The average Bonchev–Trinajstić information content (AvgIpc) is 2.30. The maximum atomic E-state index is 11.7. The number of nitrogens with zero attached hydrogens (tertiary/aromatic N) is 3. The largest absolute Gasteiger partial charge is 0.359 e. The summed E-state index contributed by atoms with van der Waals surface area (Å²) >= 11 is 5.63. The number of rotatable bonds is 5. The van der Waals surface area contributed by atoms with E-state index in [2.05, 4.69) is 10.3 Å². The molecule has 1 heterocycles. The molecule has 0 aliphatic carbocycles. The van der Waals surface area contributed by atoms with E-state index in [4.69, 9.17) is 11.6 Å². The highest BCUT2D eigenvalue weighted by Gasteiger charge is 2.11. The van der Waals surface area contributed by atoms with Gasteiger partial charge < -0.3 is 10.2 Å². The van der Waals surface area contributed by atoms with Gasteiger partial charge in [0.05, 0.1) is 11.3 Å². The summed E-state index contributed by atoms with van der Waals surface area (Å²) in [4.78, 5) is 26.8. The molecule has 1 rings (SSSR count). The van der Waals surface area contributed by atoms with Crippen molar-refractivity contribution in [3.63, 3.8) is 0 Å². The zero-order chi connectivity index (χ0) is 14.4. The minimum absolute atomic E-state index is 0.0626. The number of nitro groups is 1. The number of hydrogen-bond donors (Lipinski definition) is 1. The van der Waals surface area contributed by atoms with Crippen LogP contribution in [0.15, 0.2) is 30.4 Å². The highest BCUT2D eigenvalue weighted by atomic mass is 35.5. The quantitative estimate of drug-likeness (QED) is 0.496. The first-order chi connectivity index (χ1) is 8.88. The van der Waals surface area contributed by atoms with E-state index in [-0.39, 0.29) is 18.1 Å². The number of pyridine rings is 1. The van der Waals surface area contributed by atoms with E-state index in [0.29, 0.717) is 10.7 Å². The molecular weight excluding hydrogens is 272 g/mol. The van der Waals surface area contributed by atoms with Crippen molar-refractivity contribution in [1.82, 2.24) is 15.2 Å². The third-order valence-electron chi connectivity index (χ3n) is 2.13. The third kappa shape index (κ3) is 5.35. The Kier molecular flexibility index (Phi) is 5.25. The predicted octanol–water partition coefficient (Wildman–Crippen LogP) is 1.03. The topological polar surface area (TPSA) is 88.4 Å². The molecule has 0 bridgehead atoms. The predicted molar refractivity (Wildman–Crippen MR) is 69.9 cm³/mol. The second-order valence-corrected chi connectivity index (χ2v) is 4.30. The zero-order valence-electron chi connectivity index (χ0n) is 10.5. The van der Waals surface area contributed by atoms with Crippen LogP contribution in [0.2, 0.25) is 5.15 Å². The van der Waals surface area contributed by atoms with E-state index in [0.717, 1.165) is 6.20 Å². The first-order valence-electron chi connectivity index (χ1n) is 5.31. The summed E-state index contributed by atoms with van der Waals surface area (Å²) in [6, 6.07) is 3.24. The van der Waals surface area contributed by atoms with Crippen molar-refractivity contribution in [2.45, 2.75) is 6.42 Å². The van der Waals surface area contributed by atoms with Gasteiger partial charge in [0.2, 0.25) is 5.91 Å². The van der Waals surface area contributed by atoms with Crippen LogP contribution in [0.5, 0.6) is 0 Å². The molecule has 0 fully saturated rings. The first kappa shape index (κ1) is 14.9. The Bertz CT molecular complexity index is 499. The van der Waals surface area contributed by atoms with Crippen LogP contribution >= 0.6 is 11.6 Å². The van der Waals surface area contributed by atoms with Crippen LogP contribution in [0.1, 0.15) is 5.56 Å². The summed E-state index contributed by atoms with van der Waals surface area (Å²) in [5.74, 6) is -0.261. The number of carbonyl (C=O) groups excluding carboxylic acids is 1. The number of amides is 1. The first-order valence-corrected chi connectivity index (χ1v) is 5.69. The van der Waals surface area contributed by atoms with Crippen LogP contribution in [0, 0.1) is 10.1 Å². The van der Waals surface area contributed by atoms with Gasteiger partial charge in [0.1, 0.15) is 5.15 Å². The van der Waals surface area contributed by atoms with Crippen molar-refractivity contribution < 1.29 is 9.72 Å². The maximum absolute atomic E-state index is 11.7. The highest BCUT2D eigenvalue weighted by molar-refractivity contribution is 6.29. The zero-order valence-corrected chi connectivity index (χ0v) is 11.2. The highest BCUT2D eigenvalue weighted by Crippen LogP contribution is 2.06. The van der Waals surface area contributed by atoms with Gasteiger partial charge in [-0.25, -0.2) is 4.98 Å². The van der Waals surface area contributed by atoms with Gasteiger partial charge in [-0.15, -0.1) is 0 Å². The summed E-state index contributed by atoms with van der Waals surface area (Å²) < 4.78 is 0. The van der Waals surface area contributed by atoms with Crippen molar-refractivity contribution in [3.05, 3.63) is 51.2 Å². The molecule has 0 unspecified atom stereocenters. The molecule has 19 heavy (non-hydrogen) atoms. The van der Waals surface area contributed by atoms with Crippen LogP contribution < -0.4 is 5.32 Å². The smallest absolute Gasteiger partial charge is 0.274 e. The van der Waals surface area contributed by atoms with Gasteiger partial charge in [-0.1, -0.05) is 17.7 Å². The van der Waals surface area contributed by atoms with E-state index in [1.54, 1.807) is 26.2 Å². The Morgan fingerprint density at radius 2 is 2.26 bits per heavy atom. The van der Waals surface area contributed by atoms with Crippen molar-refractivity contribution in [2.24, 2.45) is 0 Å². The molecule has 0 spiro atoms. The molecule has 0 atom stereocenters. The lowest BCUT2D eigenvalue weighted by Gasteiger charge is -2.15. The van der Waals surface area contributed by atoms with Crippen molar-refractivity contribution in [1.29, 1.82) is 0 Å². The average molecular weight is 285 g/mol. The van der Waals surface area contributed by atoms with Gasteiger partial charge >= 0.3 is 0 Å². The fourth-order valence-electron chi connectivity index (χ4n) is 1.24. The van der Waals surface area contributed by atoms with Crippen molar-refractivity contribution in [3.8, 4) is 0 Å². The summed E-state index contributed by atoms with van der Waals surface area (Å²) in [5.41, 5.74) is 0.668. The number of hydrogen-bond acceptors (Lipinski definition) is 5. The number of aromatic nitrogens is 1. The second kappa shape index (κ2) is 6.69. The van der Waals surface area contributed by atoms with E-state index in [1.807, 2.05) is 0 Å². The minimum atomic E-state index is -0.626. The Morgan fingerprint density at radius 3 is 2.74 bits per heavy atom. The molecule has 0 saturated carbocycles. The molecule has 1 aromatic rings. The number of nitrogens with one attached hydrogen (secondary N) is 1. The molecule has 0 saturated heterocycles. The van der Waals surface area contributed by atoms with Crippen LogP contribution in [-0.2, 0) is 11.2 Å². The lowest BCUT2D eigenvalue weighted by atomic mass is 10.2. The fourth-order valence-corrected chi connectivity index (χ4v) is 1.35. The van der Waals surface area contributed by atoms with Gasteiger partial charge in [-0.2, -0.15) is 0 Å². The van der Waals surface area contributed by atoms with Crippen LogP contribution in [0.3, 0.4) is 0 Å². The molecule has 0 aliphatic heterocycles. The minimum Gasteiger partial charge on any atom is -0.359 e. The Hall–Kier alpha value is -2.15. The Balaban J connectivity index is 2.68. The molecule has 0 aliphatic rings. The molecule has 1 amide bonds. The number of halogens is 1. The molecule has 8 heteroatoms. The summed E-state index contributed by atoms with van der Waals surface area (Å²) in [6.45, 7) is 0. The normalized spacial score (nSPS) is 11.0. The summed E-state index contributed by atoms with van der Waals surface area (Å²) in [5, 5.41) is 13.2. The van der Waals surface area contributed by atoms with Gasteiger partial charge in [0, 0.05) is 20.3 Å². The lowest BCUT2D eigenvalue weighted by molar-refractivity contribution is -0.404. The van der Waals surface area contributed by atoms with E-state index >= 15 is 0 Å². The SMILES string of the molecule is CN(C)/C(=C\[N+](=O)[O-])NC(=O)Cc1ccc(Cl)nc1.